The third-order valence-electron chi connectivity index (χ3n) is 1.92. The van der Waals surface area contributed by atoms with Gasteiger partial charge < -0.3 is 0 Å². The van der Waals surface area contributed by atoms with Gasteiger partial charge in [0.2, 0.25) is 5.91 Å². The fraction of sp³-hybridized carbons (Fsp3) is 0.778. The van der Waals surface area contributed by atoms with Gasteiger partial charge in [-0.1, -0.05) is 13.8 Å². The van der Waals surface area contributed by atoms with Gasteiger partial charge in [-0.2, -0.15) is 11.1 Å². The summed E-state index contributed by atoms with van der Waals surface area (Å²) in [5, 5.41) is 0.268. The number of amides is 2. The van der Waals surface area contributed by atoms with Crippen molar-refractivity contribution in [3.8, 4) is 0 Å². The molecular formula is C9H17NO2S2. The van der Waals surface area contributed by atoms with Crippen molar-refractivity contribution in [2.45, 2.75) is 30.8 Å². The number of rotatable bonds is 3. The SMILES string of the molecule is CC(C)SC1CC(=O)N([SH](C)C)C1=O. The van der Waals surface area contributed by atoms with Crippen LogP contribution >= 0.6 is 22.8 Å². The first-order chi connectivity index (χ1) is 6.43. The van der Waals surface area contributed by atoms with Crippen LogP contribution in [0.4, 0.5) is 0 Å². The lowest BCUT2D eigenvalue weighted by atomic mass is 10.4. The van der Waals surface area contributed by atoms with Crippen LogP contribution in [-0.2, 0) is 9.59 Å². The van der Waals surface area contributed by atoms with Gasteiger partial charge in [0.25, 0.3) is 5.91 Å². The van der Waals surface area contributed by atoms with Crippen LogP contribution in [0.15, 0.2) is 0 Å². The largest absolute Gasteiger partial charge is 0.273 e. The highest BCUT2D eigenvalue weighted by molar-refractivity contribution is 8.14. The van der Waals surface area contributed by atoms with Crippen LogP contribution in [-0.4, -0.2) is 39.1 Å². The molecule has 0 aromatic carbocycles. The van der Waals surface area contributed by atoms with E-state index in [9.17, 15) is 9.59 Å². The van der Waals surface area contributed by atoms with Gasteiger partial charge in [-0.05, 0) is 17.8 Å². The van der Waals surface area contributed by atoms with E-state index in [0.29, 0.717) is 11.7 Å². The van der Waals surface area contributed by atoms with Crippen molar-refractivity contribution in [3.63, 3.8) is 0 Å². The van der Waals surface area contributed by atoms with Crippen molar-refractivity contribution in [3.05, 3.63) is 0 Å². The first-order valence-corrected chi connectivity index (χ1v) is 7.76. The van der Waals surface area contributed by atoms with Gasteiger partial charge in [-0.3, -0.25) is 9.59 Å². The fourth-order valence-electron chi connectivity index (χ4n) is 1.45. The number of imide groups is 1. The zero-order valence-electron chi connectivity index (χ0n) is 8.98. The number of carbonyl (C=O) groups excluding carboxylic acids is 2. The first-order valence-electron chi connectivity index (χ1n) is 4.63. The Hall–Kier alpha value is -0.160. The standard InChI is InChI=1S/C9H17NO2S2/c1-6(2)13-7-5-8(11)10(9(7)12)14(3)4/h6-7,14H,5H2,1-4H3. The quantitative estimate of drug-likeness (QED) is 0.594. The van der Waals surface area contributed by atoms with Crippen LogP contribution < -0.4 is 0 Å². The van der Waals surface area contributed by atoms with Crippen molar-refractivity contribution in [1.29, 1.82) is 0 Å². The maximum Gasteiger partial charge on any atom is 0.251 e. The average Bonchev–Trinajstić information content (AvgIpc) is 2.25. The van der Waals surface area contributed by atoms with E-state index in [0.717, 1.165) is 0 Å². The highest BCUT2D eigenvalue weighted by Gasteiger charge is 2.39. The maximum atomic E-state index is 11.8. The summed E-state index contributed by atoms with van der Waals surface area (Å²) in [7, 11) is 0. The van der Waals surface area contributed by atoms with E-state index >= 15 is 0 Å². The summed E-state index contributed by atoms with van der Waals surface area (Å²) in [5.74, 6) is 0.0223. The van der Waals surface area contributed by atoms with Gasteiger partial charge in [0.1, 0.15) is 0 Å². The summed E-state index contributed by atoms with van der Waals surface area (Å²) >= 11 is 0.982. The molecule has 14 heavy (non-hydrogen) atoms. The average molecular weight is 235 g/mol. The molecule has 1 heterocycles. The van der Waals surface area contributed by atoms with Crippen molar-refractivity contribution in [2.24, 2.45) is 0 Å². The van der Waals surface area contributed by atoms with Gasteiger partial charge in [-0.25, -0.2) is 4.31 Å². The number of thioether (sulfide) groups is 1. The summed E-state index contributed by atoms with van der Waals surface area (Å²) in [6.45, 7) is 4.09. The van der Waals surface area contributed by atoms with E-state index in [2.05, 4.69) is 0 Å². The molecule has 1 atom stereocenters. The Labute approximate surface area is 92.1 Å². The van der Waals surface area contributed by atoms with E-state index in [1.54, 1.807) is 11.8 Å². The predicted molar refractivity (Wildman–Crippen MR) is 63.8 cm³/mol. The van der Waals surface area contributed by atoms with Crippen LogP contribution in [0.5, 0.6) is 0 Å². The molecule has 0 spiro atoms. The van der Waals surface area contributed by atoms with Crippen molar-refractivity contribution in [1.82, 2.24) is 4.31 Å². The second-order valence-corrected chi connectivity index (χ2v) is 7.65. The molecule has 0 radical (unpaired) electrons. The predicted octanol–water partition coefficient (Wildman–Crippen LogP) is 1.43. The first kappa shape index (κ1) is 11.9. The molecule has 1 aliphatic rings. The smallest absolute Gasteiger partial charge is 0.251 e. The van der Waals surface area contributed by atoms with Gasteiger partial charge in [0, 0.05) is 6.42 Å². The molecule has 2 amide bonds. The highest BCUT2D eigenvalue weighted by Crippen LogP contribution is 2.35. The topological polar surface area (TPSA) is 37.4 Å². The molecule has 1 saturated heterocycles. The fourth-order valence-corrected chi connectivity index (χ4v) is 3.70. The second-order valence-electron chi connectivity index (χ2n) is 3.77. The van der Waals surface area contributed by atoms with Crippen molar-refractivity contribution < 1.29 is 9.59 Å². The monoisotopic (exact) mass is 235 g/mol. The number of hydrogen-bond donors (Lipinski definition) is 1. The Morgan fingerprint density at radius 2 is 2.00 bits per heavy atom. The molecule has 5 heteroatoms. The molecule has 82 valence electrons. The molecule has 1 unspecified atom stereocenters. The molecule has 1 aliphatic heterocycles. The molecule has 1 rings (SSSR count). The van der Waals surface area contributed by atoms with E-state index in [1.807, 2.05) is 26.4 Å². The number of carbonyl (C=O) groups is 2. The van der Waals surface area contributed by atoms with E-state index in [-0.39, 0.29) is 17.1 Å². The lowest BCUT2D eigenvalue weighted by Crippen LogP contribution is -2.27. The zero-order chi connectivity index (χ0) is 10.9. The Bertz CT molecular complexity index is 253. The van der Waals surface area contributed by atoms with Crippen molar-refractivity contribution >= 4 is 34.7 Å². The van der Waals surface area contributed by atoms with Gasteiger partial charge >= 0.3 is 0 Å². The molecule has 0 aromatic heterocycles. The number of nitrogens with zero attached hydrogens (tertiary/aromatic N) is 1. The molecule has 0 N–H and O–H groups in total. The third kappa shape index (κ3) is 2.45. The Morgan fingerprint density at radius 3 is 2.36 bits per heavy atom. The van der Waals surface area contributed by atoms with Crippen LogP contribution in [0.1, 0.15) is 20.3 Å². The number of thiol groups is 1. The van der Waals surface area contributed by atoms with Gasteiger partial charge in [0.05, 0.1) is 5.25 Å². The highest BCUT2D eigenvalue weighted by atomic mass is 32.2. The lowest BCUT2D eigenvalue weighted by molar-refractivity contribution is -0.131. The molecule has 0 saturated carbocycles. The van der Waals surface area contributed by atoms with Crippen molar-refractivity contribution in [2.75, 3.05) is 12.5 Å². The molecule has 0 aromatic rings. The Kier molecular flexibility index (Phi) is 3.89. The van der Waals surface area contributed by atoms with E-state index in [4.69, 9.17) is 0 Å². The summed E-state index contributed by atoms with van der Waals surface area (Å²) in [6, 6.07) is 0. The summed E-state index contributed by atoms with van der Waals surface area (Å²) in [6.07, 6.45) is 4.27. The second kappa shape index (κ2) is 4.57. The number of hydrogen-bond acceptors (Lipinski definition) is 3. The van der Waals surface area contributed by atoms with Crippen LogP contribution in [0.2, 0.25) is 0 Å². The molecular weight excluding hydrogens is 218 g/mol. The zero-order valence-corrected chi connectivity index (χ0v) is 10.7. The minimum absolute atomic E-state index is 0.00395. The van der Waals surface area contributed by atoms with E-state index in [1.165, 1.54) is 4.31 Å². The van der Waals surface area contributed by atoms with Crippen LogP contribution in [0.25, 0.3) is 0 Å². The molecule has 0 bridgehead atoms. The maximum absolute atomic E-state index is 11.8. The van der Waals surface area contributed by atoms with Gasteiger partial charge in [-0.15, -0.1) is 11.8 Å². The lowest BCUT2D eigenvalue weighted by Gasteiger charge is -2.22. The Morgan fingerprint density at radius 1 is 1.43 bits per heavy atom. The minimum atomic E-state index is -0.611. The molecule has 3 nitrogen and oxygen atoms in total. The molecule has 0 aliphatic carbocycles. The molecule has 1 fully saturated rings. The summed E-state index contributed by atoms with van der Waals surface area (Å²) in [4.78, 5) is 23.3. The summed E-state index contributed by atoms with van der Waals surface area (Å²) in [5.41, 5.74) is 0. The van der Waals surface area contributed by atoms with Crippen LogP contribution in [0.3, 0.4) is 0 Å². The van der Waals surface area contributed by atoms with Crippen LogP contribution in [0, 0.1) is 0 Å². The normalized spacial score (nSPS) is 23.6. The summed E-state index contributed by atoms with van der Waals surface area (Å²) < 4.78 is 1.45. The Balaban J connectivity index is 2.69. The minimum Gasteiger partial charge on any atom is -0.273 e. The third-order valence-corrected chi connectivity index (χ3v) is 4.38. The van der Waals surface area contributed by atoms with Gasteiger partial charge in [0.15, 0.2) is 0 Å². The van der Waals surface area contributed by atoms with E-state index < -0.39 is 11.1 Å².